The molecule has 4 atom stereocenters. The van der Waals surface area contributed by atoms with E-state index in [1.165, 1.54) is 17.6 Å². The first kappa shape index (κ1) is 20.0. The Bertz CT molecular complexity index is 979. The Morgan fingerprint density at radius 1 is 0.677 bits per heavy atom. The fraction of sp³-hybridized carbons (Fsp3) is 0.300. The molecule has 1 heteroatoms. The molecule has 0 radical (unpaired) electrons. The fourth-order valence-corrected chi connectivity index (χ4v) is 6.18. The van der Waals surface area contributed by atoms with E-state index in [0.717, 1.165) is 24.8 Å². The van der Waals surface area contributed by atoms with Crippen LogP contribution >= 0.6 is 0 Å². The van der Waals surface area contributed by atoms with Gasteiger partial charge in [0.2, 0.25) is 0 Å². The maximum atomic E-state index is 12.8. The van der Waals surface area contributed by atoms with E-state index in [0.29, 0.717) is 30.1 Å². The van der Waals surface area contributed by atoms with Gasteiger partial charge in [0.1, 0.15) is 0 Å². The smallest absolute Gasteiger partial charge is 0.162 e. The lowest BCUT2D eigenvalue weighted by Gasteiger charge is -2.33. The SMILES string of the molecule is C=C(CC[C@H]1C2CC(c3ccccc32)[C@@H]1CCC(=O)c1ccccc1)c1ccccc1. The number of fused-ring (bicyclic) bond motifs is 5. The molecule has 1 saturated carbocycles. The summed E-state index contributed by atoms with van der Waals surface area (Å²) in [5.41, 5.74) is 6.44. The third-order valence-electron chi connectivity index (χ3n) is 7.65. The van der Waals surface area contributed by atoms with Crippen LogP contribution in [0.25, 0.3) is 5.57 Å². The zero-order chi connectivity index (χ0) is 21.2. The van der Waals surface area contributed by atoms with Gasteiger partial charge in [0.15, 0.2) is 5.78 Å². The fourth-order valence-electron chi connectivity index (χ4n) is 6.18. The Morgan fingerprint density at radius 2 is 1.16 bits per heavy atom. The van der Waals surface area contributed by atoms with Crippen LogP contribution in [-0.4, -0.2) is 5.78 Å². The number of hydrogen-bond acceptors (Lipinski definition) is 1. The maximum Gasteiger partial charge on any atom is 0.162 e. The Hall–Kier alpha value is -2.93. The van der Waals surface area contributed by atoms with Crippen LogP contribution in [0.4, 0.5) is 0 Å². The van der Waals surface area contributed by atoms with Gasteiger partial charge < -0.3 is 0 Å². The van der Waals surface area contributed by atoms with Gasteiger partial charge >= 0.3 is 0 Å². The van der Waals surface area contributed by atoms with Crippen molar-refractivity contribution in [3.05, 3.63) is 114 Å². The summed E-state index contributed by atoms with van der Waals surface area (Å²) in [4.78, 5) is 12.8. The second-order valence-electron chi connectivity index (χ2n) is 9.24. The van der Waals surface area contributed by atoms with Crippen molar-refractivity contribution in [1.29, 1.82) is 0 Å². The molecule has 0 heterocycles. The summed E-state index contributed by atoms with van der Waals surface area (Å²) in [6, 6.07) is 29.4. The third kappa shape index (κ3) is 3.90. The number of rotatable bonds is 8. The minimum atomic E-state index is 0.282. The molecule has 0 saturated heterocycles. The first-order valence-electron chi connectivity index (χ1n) is 11.6. The molecule has 0 aliphatic heterocycles. The summed E-state index contributed by atoms with van der Waals surface area (Å²) in [6.45, 7) is 4.38. The van der Waals surface area contributed by atoms with Crippen molar-refractivity contribution < 1.29 is 4.79 Å². The highest BCUT2D eigenvalue weighted by Crippen LogP contribution is 2.62. The van der Waals surface area contributed by atoms with Crippen molar-refractivity contribution in [3.8, 4) is 0 Å². The zero-order valence-corrected chi connectivity index (χ0v) is 18.0. The van der Waals surface area contributed by atoms with Gasteiger partial charge in [0, 0.05) is 12.0 Å². The highest BCUT2D eigenvalue weighted by Gasteiger charge is 2.49. The van der Waals surface area contributed by atoms with Crippen molar-refractivity contribution in [2.75, 3.05) is 0 Å². The molecule has 156 valence electrons. The molecule has 2 aliphatic carbocycles. The van der Waals surface area contributed by atoms with Gasteiger partial charge in [-0.2, -0.15) is 0 Å². The standard InChI is InChI=1S/C30H30O/c1-21(22-10-4-2-5-11-22)16-17-26-27(18-19-30(31)23-12-6-3-7-13-23)29-20-28(26)24-14-8-9-15-25(24)29/h2-15,26-29H,1,16-20H2/t26-,27-,28?,29?/m1/s1. The molecular formula is C30H30O. The predicted molar refractivity (Wildman–Crippen MR) is 128 cm³/mol. The van der Waals surface area contributed by atoms with E-state index >= 15 is 0 Å². The van der Waals surface area contributed by atoms with E-state index in [-0.39, 0.29) is 5.78 Å². The van der Waals surface area contributed by atoms with Gasteiger partial charge in [0.05, 0.1) is 0 Å². The number of hydrogen-bond donors (Lipinski definition) is 0. The number of carbonyl (C=O) groups is 1. The van der Waals surface area contributed by atoms with Crippen molar-refractivity contribution in [2.24, 2.45) is 11.8 Å². The van der Waals surface area contributed by atoms with Crippen LogP contribution in [0.1, 0.15) is 71.0 Å². The summed E-state index contributed by atoms with van der Waals surface area (Å²) in [7, 11) is 0. The number of benzene rings is 3. The van der Waals surface area contributed by atoms with Crippen molar-refractivity contribution in [3.63, 3.8) is 0 Å². The van der Waals surface area contributed by atoms with Crippen LogP contribution < -0.4 is 0 Å². The Labute approximate surface area is 185 Å². The third-order valence-corrected chi connectivity index (χ3v) is 7.65. The van der Waals surface area contributed by atoms with Crippen LogP contribution in [0.15, 0.2) is 91.5 Å². The molecule has 1 fully saturated rings. The Morgan fingerprint density at radius 3 is 1.74 bits per heavy atom. The highest BCUT2D eigenvalue weighted by molar-refractivity contribution is 5.95. The molecule has 31 heavy (non-hydrogen) atoms. The topological polar surface area (TPSA) is 17.1 Å². The van der Waals surface area contributed by atoms with Gasteiger partial charge in [-0.05, 0) is 71.6 Å². The van der Waals surface area contributed by atoms with Crippen LogP contribution in [-0.2, 0) is 0 Å². The molecule has 0 aromatic heterocycles. The van der Waals surface area contributed by atoms with Gasteiger partial charge in [-0.25, -0.2) is 0 Å². The molecule has 0 N–H and O–H groups in total. The van der Waals surface area contributed by atoms with Crippen molar-refractivity contribution in [2.45, 2.75) is 43.9 Å². The Balaban J connectivity index is 1.32. The quantitative estimate of drug-likeness (QED) is 0.351. The molecule has 1 nitrogen and oxygen atoms in total. The number of allylic oxidation sites excluding steroid dienone is 1. The van der Waals surface area contributed by atoms with Crippen LogP contribution in [0.3, 0.4) is 0 Å². The lowest BCUT2D eigenvalue weighted by molar-refractivity contribution is 0.0967. The van der Waals surface area contributed by atoms with Gasteiger partial charge in [0.25, 0.3) is 0 Å². The number of carbonyl (C=O) groups excluding carboxylic acids is 1. The van der Waals surface area contributed by atoms with Gasteiger partial charge in [-0.3, -0.25) is 4.79 Å². The van der Waals surface area contributed by atoms with Crippen LogP contribution in [0, 0.1) is 11.8 Å². The lowest BCUT2D eigenvalue weighted by atomic mass is 9.71. The highest BCUT2D eigenvalue weighted by atomic mass is 16.1. The Kier molecular flexibility index (Phi) is 5.59. The van der Waals surface area contributed by atoms with Crippen LogP contribution in [0.5, 0.6) is 0 Å². The van der Waals surface area contributed by atoms with Crippen LogP contribution in [0.2, 0.25) is 0 Å². The molecule has 0 spiro atoms. The lowest BCUT2D eigenvalue weighted by Crippen LogP contribution is -2.23. The molecule has 2 bridgehead atoms. The summed E-state index contributed by atoms with van der Waals surface area (Å²) >= 11 is 0. The molecule has 2 aliphatic rings. The zero-order valence-electron chi connectivity index (χ0n) is 18.0. The van der Waals surface area contributed by atoms with E-state index in [1.807, 2.05) is 30.3 Å². The molecule has 3 aromatic carbocycles. The van der Waals surface area contributed by atoms with Gasteiger partial charge in [-0.1, -0.05) is 91.5 Å². The van der Waals surface area contributed by atoms with E-state index in [9.17, 15) is 4.79 Å². The molecule has 3 aromatic rings. The van der Waals surface area contributed by atoms with E-state index < -0.39 is 0 Å². The largest absolute Gasteiger partial charge is 0.294 e. The molecule has 0 amide bonds. The molecule has 5 rings (SSSR count). The van der Waals surface area contributed by atoms with E-state index in [2.05, 4.69) is 61.2 Å². The number of Topliss-reactive ketones (excluding diaryl/α,β-unsaturated/α-hetero) is 1. The molecule has 2 unspecified atom stereocenters. The molecular weight excluding hydrogens is 376 g/mol. The second kappa shape index (κ2) is 8.67. The summed E-state index contributed by atoms with van der Waals surface area (Å²) in [6.07, 6.45) is 5.09. The van der Waals surface area contributed by atoms with Gasteiger partial charge in [-0.15, -0.1) is 0 Å². The average molecular weight is 407 g/mol. The minimum absolute atomic E-state index is 0.282. The summed E-state index contributed by atoms with van der Waals surface area (Å²) in [5, 5.41) is 0. The second-order valence-corrected chi connectivity index (χ2v) is 9.24. The first-order chi connectivity index (χ1) is 15.2. The normalized spacial score (nSPS) is 23.5. The van der Waals surface area contributed by atoms with E-state index in [1.54, 1.807) is 11.1 Å². The van der Waals surface area contributed by atoms with Crippen molar-refractivity contribution >= 4 is 11.4 Å². The summed E-state index contributed by atoms with van der Waals surface area (Å²) < 4.78 is 0. The average Bonchev–Trinajstić information content (AvgIpc) is 3.39. The monoisotopic (exact) mass is 406 g/mol. The van der Waals surface area contributed by atoms with E-state index in [4.69, 9.17) is 0 Å². The predicted octanol–water partition coefficient (Wildman–Crippen LogP) is 7.66. The minimum Gasteiger partial charge on any atom is -0.294 e. The number of ketones is 1. The van der Waals surface area contributed by atoms with Crippen molar-refractivity contribution in [1.82, 2.24) is 0 Å². The maximum absolute atomic E-state index is 12.8. The summed E-state index contributed by atoms with van der Waals surface area (Å²) in [5.74, 6) is 2.77. The first-order valence-corrected chi connectivity index (χ1v) is 11.6.